The van der Waals surface area contributed by atoms with Gasteiger partial charge in [-0.1, -0.05) is 12.1 Å². The zero-order valence-corrected chi connectivity index (χ0v) is 9.78. The van der Waals surface area contributed by atoms with E-state index in [2.05, 4.69) is 12.0 Å². The average Bonchev–Trinajstić information content (AvgIpc) is 2.36. The van der Waals surface area contributed by atoms with E-state index in [4.69, 9.17) is 12.2 Å². The van der Waals surface area contributed by atoms with E-state index in [9.17, 15) is 4.79 Å². The molecular formula is C14H16N2O. The maximum absolute atomic E-state index is 11.9. The molecule has 0 bridgehead atoms. The summed E-state index contributed by atoms with van der Waals surface area (Å²) in [4.78, 5) is 13.7. The number of nitrogens with two attached hydrogens (primary N) is 1. The molecule has 0 saturated heterocycles. The molecule has 1 amide bonds. The number of carbonyl (C=O) groups excluding carboxylic acids is 1. The number of amides is 1. The summed E-state index contributed by atoms with van der Waals surface area (Å²) in [6, 6.07) is 5.92. The minimum atomic E-state index is 0.122. The minimum absolute atomic E-state index is 0.122. The normalized spacial score (nSPS) is 13.9. The second kappa shape index (κ2) is 4.92. The van der Waals surface area contributed by atoms with Crippen molar-refractivity contribution in [3.8, 4) is 12.3 Å². The van der Waals surface area contributed by atoms with E-state index in [0.717, 1.165) is 24.2 Å². The zero-order valence-electron chi connectivity index (χ0n) is 9.78. The molecule has 1 aromatic carbocycles. The fourth-order valence-electron chi connectivity index (χ4n) is 2.16. The molecule has 0 saturated carbocycles. The Morgan fingerprint density at radius 1 is 1.53 bits per heavy atom. The summed E-state index contributed by atoms with van der Waals surface area (Å²) < 4.78 is 0. The van der Waals surface area contributed by atoms with Gasteiger partial charge in [0.1, 0.15) is 0 Å². The molecule has 1 aliphatic heterocycles. The van der Waals surface area contributed by atoms with Crippen molar-refractivity contribution in [1.82, 2.24) is 4.90 Å². The van der Waals surface area contributed by atoms with Gasteiger partial charge in [0.2, 0.25) is 5.91 Å². The first-order valence-electron chi connectivity index (χ1n) is 5.80. The van der Waals surface area contributed by atoms with Gasteiger partial charge in [-0.2, -0.15) is 0 Å². The Balaban J connectivity index is 2.11. The van der Waals surface area contributed by atoms with E-state index in [1.807, 2.05) is 17.0 Å². The van der Waals surface area contributed by atoms with Crippen molar-refractivity contribution in [2.45, 2.75) is 25.8 Å². The van der Waals surface area contributed by atoms with E-state index >= 15 is 0 Å². The Labute approximate surface area is 102 Å². The lowest BCUT2D eigenvalue weighted by atomic mass is 9.98. The number of fused-ring (bicyclic) bond motifs is 1. The highest BCUT2D eigenvalue weighted by molar-refractivity contribution is 5.77. The number of nitrogen functional groups attached to an aromatic ring is 1. The lowest BCUT2D eigenvalue weighted by Gasteiger charge is -2.29. The molecule has 0 fully saturated rings. The first kappa shape index (κ1) is 11.5. The Bertz CT molecular complexity index is 474. The topological polar surface area (TPSA) is 46.3 Å². The van der Waals surface area contributed by atoms with Crippen LogP contribution < -0.4 is 5.73 Å². The van der Waals surface area contributed by atoms with Crippen molar-refractivity contribution in [3.63, 3.8) is 0 Å². The van der Waals surface area contributed by atoms with Crippen LogP contribution in [0.2, 0.25) is 0 Å². The number of carbonyl (C=O) groups is 1. The molecule has 0 radical (unpaired) electrons. The summed E-state index contributed by atoms with van der Waals surface area (Å²) >= 11 is 0. The molecule has 0 spiro atoms. The van der Waals surface area contributed by atoms with Crippen LogP contribution in [0.4, 0.5) is 5.69 Å². The molecule has 1 heterocycles. The highest BCUT2D eigenvalue weighted by atomic mass is 16.2. The highest BCUT2D eigenvalue weighted by Crippen LogP contribution is 2.24. The number of terminal acetylenes is 1. The fraction of sp³-hybridized carbons (Fsp3) is 0.357. The number of hydrogen-bond acceptors (Lipinski definition) is 2. The third-order valence-electron chi connectivity index (χ3n) is 3.15. The van der Waals surface area contributed by atoms with Crippen LogP contribution in [0.5, 0.6) is 0 Å². The van der Waals surface area contributed by atoms with Gasteiger partial charge in [-0.15, -0.1) is 12.3 Å². The number of anilines is 1. The van der Waals surface area contributed by atoms with E-state index in [1.54, 1.807) is 0 Å². The monoisotopic (exact) mass is 228 g/mol. The van der Waals surface area contributed by atoms with Gasteiger partial charge < -0.3 is 10.6 Å². The molecule has 0 atom stereocenters. The van der Waals surface area contributed by atoms with E-state index < -0.39 is 0 Å². The molecule has 2 N–H and O–H groups in total. The summed E-state index contributed by atoms with van der Waals surface area (Å²) in [6.45, 7) is 1.38. The molecular weight excluding hydrogens is 212 g/mol. The first-order valence-corrected chi connectivity index (χ1v) is 5.80. The van der Waals surface area contributed by atoms with Crippen molar-refractivity contribution in [2.24, 2.45) is 0 Å². The summed E-state index contributed by atoms with van der Waals surface area (Å²) in [5.41, 5.74) is 9.05. The zero-order chi connectivity index (χ0) is 12.3. The minimum Gasteiger partial charge on any atom is -0.398 e. The summed E-state index contributed by atoms with van der Waals surface area (Å²) in [7, 11) is 0. The molecule has 1 aliphatic rings. The number of rotatable bonds is 2. The van der Waals surface area contributed by atoms with E-state index in [1.165, 1.54) is 5.56 Å². The maximum Gasteiger partial charge on any atom is 0.223 e. The SMILES string of the molecule is C#CCCC(=O)N1CCc2cccc(N)c2C1. The third-order valence-corrected chi connectivity index (χ3v) is 3.15. The highest BCUT2D eigenvalue weighted by Gasteiger charge is 2.21. The van der Waals surface area contributed by atoms with Crippen molar-refractivity contribution >= 4 is 11.6 Å². The van der Waals surface area contributed by atoms with Crippen LogP contribution in [0, 0.1) is 12.3 Å². The van der Waals surface area contributed by atoms with Gasteiger partial charge in [0.25, 0.3) is 0 Å². The summed E-state index contributed by atoms with van der Waals surface area (Å²) in [5.74, 6) is 2.62. The number of benzene rings is 1. The lowest BCUT2D eigenvalue weighted by Crippen LogP contribution is -2.36. The number of nitrogens with zero attached hydrogens (tertiary/aromatic N) is 1. The lowest BCUT2D eigenvalue weighted by molar-refractivity contribution is -0.132. The van der Waals surface area contributed by atoms with Crippen LogP contribution in [0.15, 0.2) is 18.2 Å². The summed E-state index contributed by atoms with van der Waals surface area (Å²) in [5, 5.41) is 0. The molecule has 0 aliphatic carbocycles. The van der Waals surface area contributed by atoms with Gasteiger partial charge in [-0.05, 0) is 23.6 Å². The van der Waals surface area contributed by atoms with Gasteiger partial charge >= 0.3 is 0 Å². The summed E-state index contributed by atoms with van der Waals surface area (Å²) in [6.07, 6.45) is 6.98. The van der Waals surface area contributed by atoms with Gasteiger partial charge in [0.15, 0.2) is 0 Å². The Morgan fingerprint density at radius 2 is 2.35 bits per heavy atom. The molecule has 88 valence electrons. The van der Waals surface area contributed by atoms with Crippen molar-refractivity contribution in [3.05, 3.63) is 29.3 Å². The number of hydrogen-bond donors (Lipinski definition) is 1. The molecule has 1 aromatic rings. The van der Waals surface area contributed by atoms with Crippen LogP contribution in [0.3, 0.4) is 0 Å². The molecule has 3 nitrogen and oxygen atoms in total. The molecule has 3 heteroatoms. The van der Waals surface area contributed by atoms with Crippen LogP contribution in [0.25, 0.3) is 0 Å². The van der Waals surface area contributed by atoms with Gasteiger partial charge in [0.05, 0.1) is 0 Å². The molecule has 2 rings (SSSR count). The second-order valence-electron chi connectivity index (χ2n) is 4.25. The quantitative estimate of drug-likeness (QED) is 0.617. The smallest absolute Gasteiger partial charge is 0.223 e. The van der Waals surface area contributed by atoms with Crippen LogP contribution in [-0.4, -0.2) is 17.4 Å². The average molecular weight is 228 g/mol. The van der Waals surface area contributed by atoms with Crippen LogP contribution in [-0.2, 0) is 17.8 Å². The molecule has 0 aromatic heterocycles. The molecule has 17 heavy (non-hydrogen) atoms. The molecule has 0 unspecified atom stereocenters. The fourth-order valence-corrected chi connectivity index (χ4v) is 2.16. The third kappa shape index (κ3) is 2.42. The standard InChI is InChI=1S/C14H16N2O/c1-2-3-7-14(17)16-9-8-11-5-4-6-13(15)12(11)10-16/h1,4-6H,3,7-10,15H2. The largest absolute Gasteiger partial charge is 0.398 e. The first-order chi connectivity index (χ1) is 8.22. The second-order valence-corrected chi connectivity index (χ2v) is 4.25. The van der Waals surface area contributed by atoms with Gasteiger partial charge in [-0.3, -0.25) is 4.79 Å². The predicted molar refractivity (Wildman–Crippen MR) is 68.0 cm³/mol. The maximum atomic E-state index is 11.9. The van der Waals surface area contributed by atoms with E-state index in [0.29, 0.717) is 19.4 Å². The van der Waals surface area contributed by atoms with Crippen LogP contribution in [0.1, 0.15) is 24.0 Å². The Morgan fingerprint density at radius 3 is 3.12 bits per heavy atom. The van der Waals surface area contributed by atoms with Crippen molar-refractivity contribution in [2.75, 3.05) is 12.3 Å². The Kier molecular flexibility index (Phi) is 3.34. The predicted octanol–water partition coefficient (Wildman–Crippen LogP) is 1.57. The van der Waals surface area contributed by atoms with Crippen molar-refractivity contribution in [1.29, 1.82) is 0 Å². The van der Waals surface area contributed by atoms with Crippen LogP contribution >= 0.6 is 0 Å². The Hall–Kier alpha value is -1.95. The van der Waals surface area contributed by atoms with Crippen molar-refractivity contribution < 1.29 is 4.79 Å². The van der Waals surface area contributed by atoms with Gasteiger partial charge in [-0.25, -0.2) is 0 Å². The van der Waals surface area contributed by atoms with E-state index in [-0.39, 0.29) is 5.91 Å². The van der Waals surface area contributed by atoms with Gasteiger partial charge in [0, 0.05) is 31.6 Å².